The second kappa shape index (κ2) is 4.34. The maximum Gasteiger partial charge on any atom is 0.416 e. The Labute approximate surface area is 98.8 Å². The van der Waals surface area contributed by atoms with Crippen LogP contribution in [0.1, 0.15) is 5.56 Å². The van der Waals surface area contributed by atoms with Gasteiger partial charge >= 0.3 is 6.18 Å². The molecule has 0 aromatic heterocycles. The molecule has 16 heavy (non-hydrogen) atoms. The summed E-state index contributed by atoms with van der Waals surface area (Å²) in [6.07, 6.45) is -4.58. The maximum atomic E-state index is 12.4. The molecule has 90 valence electrons. The van der Waals surface area contributed by atoms with Gasteiger partial charge in [0, 0.05) is 4.47 Å². The van der Waals surface area contributed by atoms with Crippen LogP contribution in [0.25, 0.3) is 0 Å². The van der Waals surface area contributed by atoms with Crippen molar-refractivity contribution in [3.05, 3.63) is 28.2 Å². The highest BCUT2D eigenvalue weighted by atomic mass is 79.9. The van der Waals surface area contributed by atoms with Gasteiger partial charge in [0.05, 0.1) is 10.5 Å². The zero-order valence-corrected chi connectivity index (χ0v) is 10.4. The largest absolute Gasteiger partial charge is 0.416 e. The number of hydrogen-bond acceptors (Lipinski definition) is 2. The third-order valence-corrected chi connectivity index (χ3v) is 3.63. The number of alkyl halides is 3. The van der Waals surface area contributed by atoms with E-state index in [0.717, 1.165) is 19.2 Å². The normalized spacial score (nSPS) is 12.8. The lowest BCUT2D eigenvalue weighted by Crippen LogP contribution is -2.19. The molecule has 0 saturated carbocycles. The van der Waals surface area contributed by atoms with Gasteiger partial charge in [-0.15, -0.1) is 0 Å². The summed E-state index contributed by atoms with van der Waals surface area (Å²) in [5.41, 5.74) is -1.02. The fourth-order valence-electron chi connectivity index (χ4n) is 0.999. The van der Waals surface area contributed by atoms with E-state index >= 15 is 0 Å². The topological polar surface area (TPSA) is 46.2 Å². The molecule has 0 amide bonds. The van der Waals surface area contributed by atoms with Crippen molar-refractivity contribution in [3.63, 3.8) is 0 Å². The molecule has 0 spiro atoms. The predicted molar refractivity (Wildman–Crippen MR) is 55.4 cm³/mol. The number of hydrogen-bond donors (Lipinski definition) is 1. The Bertz CT molecular complexity index is 498. The van der Waals surface area contributed by atoms with E-state index in [1.54, 1.807) is 0 Å². The second-order valence-corrected chi connectivity index (χ2v) is 5.68. The second-order valence-electron chi connectivity index (χ2n) is 2.88. The minimum Gasteiger partial charge on any atom is -0.214 e. The molecule has 1 rings (SSSR count). The number of rotatable bonds is 2. The van der Waals surface area contributed by atoms with Gasteiger partial charge in [0.15, 0.2) is 0 Å². The summed E-state index contributed by atoms with van der Waals surface area (Å²) in [6, 6.07) is 2.49. The lowest BCUT2D eigenvalue weighted by molar-refractivity contribution is -0.137. The van der Waals surface area contributed by atoms with E-state index in [9.17, 15) is 21.6 Å². The zero-order chi connectivity index (χ0) is 12.6. The van der Waals surface area contributed by atoms with Crippen LogP contribution in [-0.4, -0.2) is 15.5 Å². The summed E-state index contributed by atoms with van der Waals surface area (Å²) >= 11 is 2.83. The third-order valence-electron chi connectivity index (χ3n) is 1.78. The van der Waals surface area contributed by atoms with Crippen LogP contribution in [0, 0.1) is 0 Å². The van der Waals surface area contributed by atoms with Gasteiger partial charge in [-0.05, 0) is 25.2 Å². The van der Waals surface area contributed by atoms with Gasteiger partial charge in [-0.25, -0.2) is 13.1 Å². The highest BCUT2D eigenvalue weighted by Gasteiger charge is 2.32. The van der Waals surface area contributed by atoms with Crippen LogP contribution >= 0.6 is 15.9 Å². The molecule has 1 aromatic rings. The van der Waals surface area contributed by atoms with E-state index in [1.807, 2.05) is 4.72 Å². The predicted octanol–water partition coefficient (Wildman–Crippen LogP) is 2.38. The van der Waals surface area contributed by atoms with Crippen molar-refractivity contribution in [2.45, 2.75) is 11.1 Å². The highest BCUT2D eigenvalue weighted by Crippen LogP contribution is 2.32. The summed E-state index contributed by atoms with van der Waals surface area (Å²) in [5.74, 6) is 0. The van der Waals surface area contributed by atoms with Crippen LogP contribution in [0.15, 0.2) is 27.6 Å². The first kappa shape index (κ1) is 13.5. The third kappa shape index (κ3) is 2.96. The Morgan fingerprint density at radius 1 is 1.25 bits per heavy atom. The van der Waals surface area contributed by atoms with E-state index < -0.39 is 26.7 Å². The molecule has 0 heterocycles. The molecule has 0 unspecified atom stereocenters. The van der Waals surface area contributed by atoms with Crippen molar-refractivity contribution in [2.24, 2.45) is 0 Å². The standard InChI is InChI=1S/C8H7BrF3NO2S/c1-13-16(14,15)7-3-5(8(10,11)12)2-6(9)4-7/h2-4,13H,1H3. The Morgan fingerprint density at radius 3 is 2.25 bits per heavy atom. The van der Waals surface area contributed by atoms with Gasteiger partial charge < -0.3 is 0 Å². The van der Waals surface area contributed by atoms with Crippen LogP contribution < -0.4 is 4.72 Å². The summed E-state index contributed by atoms with van der Waals surface area (Å²) in [4.78, 5) is -0.434. The molecule has 0 atom stereocenters. The molecule has 3 nitrogen and oxygen atoms in total. The molecule has 0 bridgehead atoms. The van der Waals surface area contributed by atoms with Gasteiger partial charge in [-0.1, -0.05) is 15.9 Å². The molecular formula is C8H7BrF3NO2S. The zero-order valence-electron chi connectivity index (χ0n) is 7.97. The minimum atomic E-state index is -4.58. The lowest BCUT2D eigenvalue weighted by Gasteiger charge is -2.09. The van der Waals surface area contributed by atoms with Gasteiger partial charge in [-0.2, -0.15) is 13.2 Å². The summed E-state index contributed by atoms with van der Waals surface area (Å²) in [5, 5.41) is 0. The molecular weight excluding hydrogens is 311 g/mol. The fraction of sp³-hybridized carbons (Fsp3) is 0.250. The molecule has 0 aliphatic heterocycles. The van der Waals surface area contributed by atoms with Crippen molar-refractivity contribution in [1.82, 2.24) is 4.72 Å². The average molecular weight is 318 g/mol. The highest BCUT2D eigenvalue weighted by molar-refractivity contribution is 9.10. The van der Waals surface area contributed by atoms with Gasteiger partial charge in [0.2, 0.25) is 10.0 Å². The van der Waals surface area contributed by atoms with E-state index in [-0.39, 0.29) is 4.47 Å². The van der Waals surface area contributed by atoms with E-state index in [2.05, 4.69) is 15.9 Å². The molecule has 0 fully saturated rings. The molecule has 1 N–H and O–H groups in total. The molecule has 0 radical (unpaired) electrons. The molecule has 8 heteroatoms. The van der Waals surface area contributed by atoms with Crippen LogP contribution in [0.4, 0.5) is 13.2 Å². The Kier molecular flexibility index (Phi) is 3.65. The molecule has 1 aromatic carbocycles. The first-order chi connectivity index (χ1) is 7.16. The number of benzene rings is 1. The van der Waals surface area contributed by atoms with Crippen LogP contribution in [0.2, 0.25) is 0 Å². The summed E-state index contributed by atoms with van der Waals surface area (Å²) < 4.78 is 61.9. The molecule has 0 aliphatic rings. The lowest BCUT2D eigenvalue weighted by atomic mass is 10.2. The van der Waals surface area contributed by atoms with Gasteiger partial charge in [0.25, 0.3) is 0 Å². The van der Waals surface area contributed by atoms with E-state index in [0.29, 0.717) is 6.07 Å². The Hall–Kier alpha value is -0.600. The fourth-order valence-corrected chi connectivity index (χ4v) is 2.44. The van der Waals surface area contributed by atoms with Gasteiger partial charge in [-0.3, -0.25) is 0 Å². The van der Waals surface area contributed by atoms with Gasteiger partial charge in [0.1, 0.15) is 0 Å². The maximum absolute atomic E-state index is 12.4. The quantitative estimate of drug-likeness (QED) is 0.910. The smallest absolute Gasteiger partial charge is 0.214 e. The number of sulfonamides is 1. The van der Waals surface area contributed by atoms with Crippen molar-refractivity contribution in [2.75, 3.05) is 7.05 Å². The van der Waals surface area contributed by atoms with E-state index in [4.69, 9.17) is 0 Å². The number of nitrogens with one attached hydrogen (secondary N) is 1. The van der Waals surface area contributed by atoms with E-state index in [1.165, 1.54) is 0 Å². The average Bonchev–Trinajstić information content (AvgIpc) is 2.15. The first-order valence-electron chi connectivity index (χ1n) is 3.98. The van der Waals surface area contributed by atoms with Crippen LogP contribution in [0.3, 0.4) is 0 Å². The molecule has 0 saturated heterocycles. The summed E-state index contributed by atoms with van der Waals surface area (Å²) in [7, 11) is -2.76. The van der Waals surface area contributed by atoms with Crippen molar-refractivity contribution in [1.29, 1.82) is 0 Å². The van der Waals surface area contributed by atoms with Crippen LogP contribution in [-0.2, 0) is 16.2 Å². The Balaban J connectivity index is 3.41. The van der Waals surface area contributed by atoms with Crippen LogP contribution in [0.5, 0.6) is 0 Å². The first-order valence-corrected chi connectivity index (χ1v) is 6.26. The van der Waals surface area contributed by atoms with Crippen molar-refractivity contribution >= 4 is 26.0 Å². The van der Waals surface area contributed by atoms with Crippen molar-refractivity contribution < 1.29 is 21.6 Å². The number of halogens is 4. The van der Waals surface area contributed by atoms with Crippen molar-refractivity contribution in [3.8, 4) is 0 Å². The monoisotopic (exact) mass is 317 g/mol. The minimum absolute atomic E-state index is 0.0520. The SMILES string of the molecule is CNS(=O)(=O)c1cc(Br)cc(C(F)(F)F)c1. The molecule has 0 aliphatic carbocycles. The Morgan fingerprint density at radius 2 is 1.81 bits per heavy atom. The summed E-state index contributed by atoms with van der Waals surface area (Å²) in [6.45, 7) is 0.